The van der Waals surface area contributed by atoms with Crippen LogP contribution in [-0.2, 0) is 6.42 Å². The minimum atomic E-state index is -3.96. The Balaban J connectivity index is 0. The Morgan fingerprint density at radius 3 is 1.21 bits per heavy atom. The SMILES string of the molecule is CCC.CCC(F)(F)F.CCc1ccccc1.Cc1ccccc1. The topological polar surface area (TPSA) is 0 Å². The molecule has 0 aliphatic rings. The second-order valence-electron chi connectivity index (χ2n) is 5.17. The molecule has 0 unspecified atom stereocenters. The van der Waals surface area contributed by atoms with Crippen LogP contribution in [0.2, 0.25) is 0 Å². The summed E-state index contributed by atoms with van der Waals surface area (Å²) in [5.41, 5.74) is 2.73. The summed E-state index contributed by atoms with van der Waals surface area (Å²) in [7, 11) is 0. The molecule has 0 radical (unpaired) electrons. The lowest BCUT2D eigenvalue weighted by Gasteiger charge is -1.96. The molecular weight excluding hydrogens is 309 g/mol. The summed E-state index contributed by atoms with van der Waals surface area (Å²) >= 11 is 0. The molecule has 0 aliphatic carbocycles. The van der Waals surface area contributed by atoms with E-state index in [9.17, 15) is 13.2 Å². The monoisotopic (exact) mass is 340 g/mol. The van der Waals surface area contributed by atoms with Crippen molar-refractivity contribution in [2.75, 3.05) is 0 Å². The fourth-order valence-electron chi connectivity index (χ4n) is 1.25. The van der Waals surface area contributed by atoms with Crippen molar-refractivity contribution in [1.82, 2.24) is 0 Å². The van der Waals surface area contributed by atoms with Gasteiger partial charge >= 0.3 is 6.18 Å². The Morgan fingerprint density at radius 1 is 0.708 bits per heavy atom. The number of hydrogen-bond acceptors (Lipinski definition) is 0. The van der Waals surface area contributed by atoms with Gasteiger partial charge in [-0.3, -0.25) is 0 Å². The number of aryl methyl sites for hydroxylation is 2. The molecule has 24 heavy (non-hydrogen) atoms. The molecule has 0 aliphatic heterocycles. The van der Waals surface area contributed by atoms with Crippen LogP contribution in [0.25, 0.3) is 0 Å². The molecule has 0 saturated carbocycles. The predicted molar refractivity (Wildman–Crippen MR) is 99.3 cm³/mol. The molecule has 2 aromatic rings. The van der Waals surface area contributed by atoms with Crippen molar-refractivity contribution in [1.29, 1.82) is 0 Å². The zero-order valence-electron chi connectivity index (χ0n) is 15.5. The molecule has 0 amide bonds. The molecule has 0 fully saturated rings. The van der Waals surface area contributed by atoms with E-state index in [1.807, 2.05) is 24.3 Å². The lowest BCUT2D eigenvalue weighted by atomic mass is 10.2. The van der Waals surface area contributed by atoms with Gasteiger partial charge in [-0.25, -0.2) is 0 Å². The maximum atomic E-state index is 10.8. The standard InChI is InChI=1S/C8H10.C7H8.C3H5F3.C3H8/c1-2-8-6-4-3-5-7-8;1-7-5-3-2-4-6-7;1-2-3(4,5)6;1-3-2/h3-7H,2H2,1H3;2-6H,1H3;2H2,1H3;3H2,1-2H3. The highest BCUT2D eigenvalue weighted by Crippen LogP contribution is 2.17. The van der Waals surface area contributed by atoms with Gasteiger partial charge in [0.25, 0.3) is 0 Å². The molecule has 0 spiro atoms. The van der Waals surface area contributed by atoms with Crippen LogP contribution in [0.15, 0.2) is 60.7 Å². The van der Waals surface area contributed by atoms with Crippen LogP contribution in [0.4, 0.5) is 13.2 Å². The largest absolute Gasteiger partial charge is 0.388 e. The highest BCUT2D eigenvalue weighted by atomic mass is 19.4. The Hall–Kier alpha value is -1.77. The van der Waals surface area contributed by atoms with E-state index in [1.165, 1.54) is 17.5 Å². The average Bonchev–Trinajstić information content (AvgIpc) is 2.57. The van der Waals surface area contributed by atoms with Gasteiger partial charge in [0.1, 0.15) is 0 Å². The second kappa shape index (κ2) is 16.1. The van der Waals surface area contributed by atoms with E-state index in [1.54, 1.807) is 0 Å². The van der Waals surface area contributed by atoms with E-state index in [4.69, 9.17) is 0 Å². The molecule has 0 N–H and O–H groups in total. The van der Waals surface area contributed by atoms with E-state index in [2.05, 4.69) is 64.1 Å². The Kier molecular flexibility index (Phi) is 16.4. The second-order valence-corrected chi connectivity index (χ2v) is 5.17. The first-order valence-corrected chi connectivity index (χ1v) is 8.42. The zero-order valence-corrected chi connectivity index (χ0v) is 15.5. The zero-order chi connectivity index (χ0) is 18.8. The van der Waals surface area contributed by atoms with Crippen molar-refractivity contribution in [3.05, 3.63) is 71.8 Å². The van der Waals surface area contributed by atoms with Gasteiger partial charge < -0.3 is 0 Å². The number of rotatable bonds is 1. The van der Waals surface area contributed by atoms with Crippen molar-refractivity contribution in [3.63, 3.8) is 0 Å². The van der Waals surface area contributed by atoms with Gasteiger partial charge in [-0.2, -0.15) is 13.2 Å². The van der Waals surface area contributed by atoms with Crippen molar-refractivity contribution < 1.29 is 13.2 Å². The first-order valence-electron chi connectivity index (χ1n) is 8.42. The van der Waals surface area contributed by atoms with Crippen LogP contribution < -0.4 is 0 Å². The maximum absolute atomic E-state index is 10.8. The van der Waals surface area contributed by atoms with Crippen LogP contribution in [0.5, 0.6) is 0 Å². The van der Waals surface area contributed by atoms with Gasteiger partial charge in [-0.05, 0) is 18.9 Å². The molecule has 136 valence electrons. The Bertz CT molecular complexity index is 461. The number of hydrogen-bond donors (Lipinski definition) is 0. The van der Waals surface area contributed by atoms with E-state index < -0.39 is 12.6 Å². The van der Waals surface area contributed by atoms with Crippen molar-refractivity contribution in [3.8, 4) is 0 Å². The fraction of sp³-hybridized carbons (Fsp3) is 0.429. The number of benzene rings is 2. The number of halogens is 3. The third kappa shape index (κ3) is 20.2. The highest BCUT2D eigenvalue weighted by molar-refractivity contribution is 5.14. The average molecular weight is 340 g/mol. The number of alkyl halides is 3. The first-order chi connectivity index (χ1) is 11.3. The lowest BCUT2D eigenvalue weighted by molar-refractivity contribution is -0.130. The molecule has 0 heterocycles. The molecule has 2 rings (SSSR count). The van der Waals surface area contributed by atoms with E-state index in [0.29, 0.717) is 0 Å². The molecule has 0 bridgehead atoms. The van der Waals surface area contributed by atoms with E-state index in [-0.39, 0.29) is 0 Å². The Labute approximate surface area is 145 Å². The molecule has 0 aromatic heterocycles. The predicted octanol–water partition coefficient (Wildman–Crippen LogP) is 7.62. The third-order valence-electron chi connectivity index (χ3n) is 2.59. The molecule has 0 saturated heterocycles. The van der Waals surface area contributed by atoms with Crippen molar-refractivity contribution in [2.24, 2.45) is 0 Å². The van der Waals surface area contributed by atoms with Crippen molar-refractivity contribution in [2.45, 2.75) is 60.1 Å². The van der Waals surface area contributed by atoms with Crippen LogP contribution >= 0.6 is 0 Å². The lowest BCUT2D eigenvalue weighted by Crippen LogP contribution is -2.02. The summed E-state index contributed by atoms with van der Waals surface area (Å²) in [6.07, 6.45) is -2.30. The van der Waals surface area contributed by atoms with E-state index >= 15 is 0 Å². The molecule has 0 nitrogen and oxygen atoms in total. The maximum Gasteiger partial charge on any atom is 0.388 e. The van der Waals surface area contributed by atoms with Crippen LogP contribution in [0, 0.1) is 6.92 Å². The Morgan fingerprint density at radius 2 is 1.04 bits per heavy atom. The van der Waals surface area contributed by atoms with Gasteiger partial charge in [0, 0.05) is 6.42 Å². The molecular formula is C21H31F3. The van der Waals surface area contributed by atoms with Gasteiger partial charge in [-0.15, -0.1) is 0 Å². The van der Waals surface area contributed by atoms with Gasteiger partial charge in [0.15, 0.2) is 0 Å². The molecule has 2 aromatic carbocycles. The summed E-state index contributed by atoms with van der Waals surface area (Å²) in [5, 5.41) is 0. The fourth-order valence-corrected chi connectivity index (χ4v) is 1.25. The quantitative estimate of drug-likeness (QED) is 0.501. The normalized spacial score (nSPS) is 9.33. The van der Waals surface area contributed by atoms with Gasteiger partial charge in [0.05, 0.1) is 0 Å². The first kappa shape index (κ1) is 24.5. The van der Waals surface area contributed by atoms with Gasteiger partial charge in [0.2, 0.25) is 0 Å². The van der Waals surface area contributed by atoms with Crippen LogP contribution in [-0.4, -0.2) is 6.18 Å². The summed E-state index contributed by atoms with van der Waals surface area (Å²) in [4.78, 5) is 0. The minimum absolute atomic E-state index is 0.729. The highest BCUT2D eigenvalue weighted by Gasteiger charge is 2.22. The summed E-state index contributed by atoms with van der Waals surface area (Å²) < 4.78 is 32.4. The van der Waals surface area contributed by atoms with Crippen LogP contribution in [0.1, 0.15) is 51.7 Å². The summed E-state index contributed by atoms with van der Waals surface area (Å²) in [5.74, 6) is 0. The smallest absolute Gasteiger partial charge is 0.171 e. The third-order valence-corrected chi connectivity index (χ3v) is 2.59. The van der Waals surface area contributed by atoms with Gasteiger partial charge in [-0.1, -0.05) is 100 Å². The molecule has 0 atom stereocenters. The minimum Gasteiger partial charge on any atom is -0.171 e. The van der Waals surface area contributed by atoms with E-state index in [0.717, 1.165) is 13.3 Å². The van der Waals surface area contributed by atoms with Crippen molar-refractivity contribution >= 4 is 0 Å². The van der Waals surface area contributed by atoms with Crippen LogP contribution in [0.3, 0.4) is 0 Å². The molecule has 3 heteroatoms. The summed E-state index contributed by atoms with van der Waals surface area (Å²) in [6, 6.07) is 20.7. The summed E-state index contributed by atoms with van der Waals surface area (Å²) in [6.45, 7) is 9.58.